The van der Waals surface area contributed by atoms with E-state index >= 15 is 0 Å². The van der Waals surface area contributed by atoms with Crippen LogP contribution in [0.4, 0.5) is 0 Å². The summed E-state index contributed by atoms with van der Waals surface area (Å²) >= 11 is 0. The summed E-state index contributed by atoms with van der Waals surface area (Å²) in [6.07, 6.45) is -1.53. The van der Waals surface area contributed by atoms with Crippen molar-refractivity contribution in [3.8, 4) is 0 Å². The number of hydrogen-bond acceptors (Lipinski definition) is 4. The first-order chi connectivity index (χ1) is 9.09. The number of nitrogens with zero attached hydrogens (tertiary/aromatic N) is 1. The number of benzene rings is 1. The lowest BCUT2D eigenvalue weighted by Crippen LogP contribution is -2.30. The van der Waals surface area contributed by atoms with E-state index in [-0.39, 0.29) is 18.7 Å². The molecule has 7 nitrogen and oxygen atoms in total. The number of aliphatic carboxylic acids is 1. The number of amides is 1. The third-order valence-corrected chi connectivity index (χ3v) is 2.67. The van der Waals surface area contributed by atoms with E-state index in [1.54, 1.807) is 18.2 Å². The summed E-state index contributed by atoms with van der Waals surface area (Å²) in [5.74, 6) is -1.71. The number of aliphatic hydroxyl groups is 1. The van der Waals surface area contributed by atoms with Gasteiger partial charge in [-0.3, -0.25) is 9.89 Å². The molecule has 0 saturated carbocycles. The number of rotatable bonds is 5. The van der Waals surface area contributed by atoms with Crippen LogP contribution in [0, 0.1) is 0 Å². The van der Waals surface area contributed by atoms with Gasteiger partial charge in [-0.2, -0.15) is 5.10 Å². The molecule has 4 N–H and O–H groups in total. The molecule has 0 aliphatic carbocycles. The van der Waals surface area contributed by atoms with Gasteiger partial charge >= 0.3 is 5.97 Å². The van der Waals surface area contributed by atoms with Crippen LogP contribution in [0.5, 0.6) is 0 Å². The van der Waals surface area contributed by atoms with Crippen molar-refractivity contribution >= 4 is 22.8 Å². The second kappa shape index (κ2) is 5.49. The molecule has 0 bridgehead atoms. The van der Waals surface area contributed by atoms with E-state index < -0.39 is 18.0 Å². The van der Waals surface area contributed by atoms with E-state index in [1.165, 1.54) is 0 Å². The number of carbonyl (C=O) groups is 2. The van der Waals surface area contributed by atoms with Crippen molar-refractivity contribution in [3.05, 3.63) is 30.0 Å². The first kappa shape index (κ1) is 13.0. The third kappa shape index (κ3) is 2.89. The minimum Gasteiger partial charge on any atom is -0.479 e. The molecule has 1 unspecified atom stereocenters. The predicted octanol–water partition coefficient (Wildman–Crippen LogP) is 0.128. The first-order valence-corrected chi connectivity index (χ1v) is 5.72. The molecule has 2 rings (SSSR count). The zero-order valence-electron chi connectivity index (χ0n) is 9.96. The van der Waals surface area contributed by atoms with Gasteiger partial charge in [-0.15, -0.1) is 0 Å². The van der Waals surface area contributed by atoms with Gasteiger partial charge in [-0.25, -0.2) is 4.79 Å². The van der Waals surface area contributed by atoms with Crippen molar-refractivity contribution in [1.29, 1.82) is 0 Å². The molecular formula is C12H13N3O4. The molecule has 19 heavy (non-hydrogen) atoms. The van der Waals surface area contributed by atoms with Crippen LogP contribution in [0.1, 0.15) is 16.9 Å². The van der Waals surface area contributed by atoms with Gasteiger partial charge in [0.05, 0.1) is 5.52 Å². The quantitative estimate of drug-likeness (QED) is 0.612. The molecule has 1 heterocycles. The molecule has 0 spiro atoms. The average Bonchev–Trinajstić information content (AvgIpc) is 2.82. The maximum absolute atomic E-state index is 11.8. The van der Waals surface area contributed by atoms with Crippen LogP contribution >= 0.6 is 0 Å². The number of nitrogens with one attached hydrogen (secondary N) is 2. The number of para-hydroxylation sites is 1. The number of carboxylic acids is 1. The molecule has 0 saturated heterocycles. The Labute approximate surface area is 108 Å². The van der Waals surface area contributed by atoms with Gasteiger partial charge in [0.15, 0.2) is 11.8 Å². The Morgan fingerprint density at radius 3 is 2.84 bits per heavy atom. The lowest BCUT2D eigenvalue weighted by molar-refractivity contribution is -0.146. The maximum Gasteiger partial charge on any atom is 0.332 e. The molecule has 2 aromatic rings. The van der Waals surface area contributed by atoms with E-state index in [0.29, 0.717) is 5.39 Å². The largest absolute Gasteiger partial charge is 0.479 e. The highest BCUT2D eigenvalue weighted by Crippen LogP contribution is 2.14. The van der Waals surface area contributed by atoms with Crippen molar-refractivity contribution in [2.24, 2.45) is 0 Å². The molecule has 0 aliphatic rings. The zero-order chi connectivity index (χ0) is 13.8. The van der Waals surface area contributed by atoms with Crippen molar-refractivity contribution in [2.45, 2.75) is 12.5 Å². The Morgan fingerprint density at radius 2 is 2.11 bits per heavy atom. The first-order valence-electron chi connectivity index (χ1n) is 5.72. The Bertz CT molecular complexity index is 608. The predicted molar refractivity (Wildman–Crippen MR) is 66.7 cm³/mol. The maximum atomic E-state index is 11.8. The molecule has 1 aromatic carbocycles. The van der Waals surface area contributed by atoms with Gasteiger partial charge < -0.3 is 15.5 Å². The van der Waals surface area contributed by atoms with Gasteiger partial charge in [0, 0.05) is 18.4 Å². The molecule has 0 fully saturated rings. The number of aromatic nitrogens is 2. The summed E-state index contributed by atoms with van der Waals surface area (Å²) in [6.45, 7) is 0.0630. The van der Waals surface area contributed by atoms with Crippen molar-refractivity contribution in [1.82, 2.24) is 15.5 Å². The summed E-state index contributed by atoms with van der Waals surface area (Å²) in [5, 5.41) is 27.4. The smallest absolute Gasteiger partial charge is 0.332 e. The summed E-state index contributed by atoms with van der Waals surface area (Å²) in [7, 11) is 0. The molecule has 1 atom stereocenters. The van der Waals surface area contributed by atoms with Crippen molar-refractivity contribution in [3.63, 3.8) is 0 Å². The third-order valence-electron chi connectivity index (χ3n) is 2.67. The van der Waals surface area contributed by atoms with Gasteiger partial charge in [-0.1, -0.05) is 18.2 Å². The molecule has 7 heteroatoms. The molecule has 0 radical (unpaired) electrons. The van der Waals surface area contributed by atoms with E-state index in [9.17, 15) is 9.59 Å². The number of aromatic amines is 1. The molecular weight excluding hydrogens is 250 g/mol. The number of carbonyl (C=O) groups excluding carboxylic acids is 1. The number of aliphatic hydroxyl groups excluding tert-OH is 1. The van der Waals surface area contributed by atoms with Gasteiger partial charge in [-0.05, 0) is 6.07 Å². The molecule has 1 amide bonds. The van der Waals surface area contributed by atoms with Crippen molar-refractivity contribution in [2.75, 3.05) is 6.54 Å². The monoisotopic (exact) mass is 263 g/mol. The molecule has 1 aromatic heterocycles. The highest BCUT2D eigenvalue weighted by Gasteiger charge is 2.16. The van der Waals surface area contributed by atoms with Crippen LogP contribution in [0.25, 0.3) is 10.9 Å². The van der Waals surface area contributed by atoms with Crippen LogP contribution in [-0.2, 0) is 4.79 Å². The standard InChI is InChI=1S/C12H13N3O4/c16-9(12(18)19)5-6-13-11(17)10-7-3-1-2-4-8(7)14-15-10/h1-4,9,16H,5-6H2,(H,13,17)(H,14,15)(H,18,19). The van der Waals surface area contributed by atoms with E-state index in [4.69, 9.17) is 10.2 Å². The second-order valence-electron chi connectivity index (χ2n) is 4.02. The highest BCUT2D eigenvalue weighted by atomic mass is 16.4. The summed E-state index contributed by atoms with van der Waals surface area (Å²) < 4.78 is 0. The van der Waals surface area contributed by atoms with E-state index in [1.807, 2.05) is 6.07 Å². The lowest BCUT2D eigenvalue weighted by atomic mass is 10.2. The highest BCUT2D eigenvalue weighted by molar-refractivity contribution is 6.04. The molecule has 100 valence electrons. The van der Waals surface area contributed by atoms with Gasteiger partial charge in [0.1, 0.15) is 0 Å². The van der Waals surface area contributed by atoms with Crippen LogP contribution in [-0.4, -0.2) is 44.9 Å². The van der Waals surface area contributed by atoms with Crippen molar-refractivity contribution < 1.29 is 19.8 Å². The Kier molecular flexibility index (Phi) is 3.76. The van der Waals surface area contributed by atoms with E-state index in [0.717, 1.165) is 5.52 Å². The molecule has 0 aliphatic heterocycles. The SMILES string of the molecule is O=C(NCCC(O)C(=O)O)c1n[nH]c2ccccc12. The Hall–Kier alpha value is -2.41. The fraction of sp³-hybridized carbons (Fsp3) is 0.250. The number of hydrogen-bond donors (Lipinski definition) is 4. The Morgan fingerprint density at radius 1 is 1.37 bits per heavy atom. The fourth-order valence-electron chi connectivity index (χ4n) is 1.67. The second-order valence-corrected chi connectivity index (χ2v) is 4.02. The number of carboxylic acid groups (broad SMARTS) is 1. The fourth-order valence-corrected chi connectivity index (χ4v) is 1.67. The van der Waals surface area contributed by atoms with E-state index in [2.05, 4.69) is 15.5 Å². The van der Waals surface area contributed by atoms with Crippen LogP contribution < -0.4 is 5.32 Å². The Balaban J connectivity index is 1.99. The van der Waals surface area contributed by atoms with Crippen LogP contribution in [0.3, 0.4) is 0 Å². The number of H-pyrrole nitrogens is 1. The van der Waals surface area contributed by atoms with Crippen LogP contribution in [0.2, 0.25) is 0 Å². The minimum absolute atomic E-state index is 0.0522. The topological polar surface area (TPSA) is 115 Å². The minimum atomic E-state index is -1.48. The van der Waals surface area contributed by atoms with Gasteiger partial charge in [0.2, 0.25) is 0 Å². The zero-order valence-corrected chi connectivity index (χ0v) is 9.96. The summed E-state index contributed by atoms with van der Waals surface area (Å²) in [6, 6.07) is 7.18. The summed E-state index contributed by atoms with van der Waals surface area (Å²) in [4.78, 5) is 22.2. The van der Waals surface area contributed by atoms with Gasteiger partial charge in [0.25, 0.3) is 5.91 Å². The number of fused-ring (bicyclic) bond motifs is 1. The normalized spacial score (nSPS) is 12.3. The average molecular weight is 263 g/mol. The van der Waals surface area contributed by atoms with Crippen LogP contribution in [0.15, 0.2) is 24.3 Å². The lowest BCUT2D eigenvalue weighted by Gasteiger charge is -2.06. The summed E-state index contributed by atoms with van der Waals surface area (Å²) in [5.41, 5.74) is 0.999.